The number of thioether (sulfide) groups is 1. The van der Waals surface area contributed by atoms with Gasteiger partial charge in [-0.25, -0.2) is 0 Å². The maximum Gasteiger partial charge on any atom is 0.416 e. The molecule has 1 N–H and O–H groups in total. The quantitative estimate of drug-likeness (QED) is 0.249. The fourth-order valence-electron chi connectivity index (χ4n) is 3.64. The van der Waals surface area contributed by atoms with Crippen LogP contribution in [0.1, 0.15) is 32.9 Å². The molecule has 192 valence electrons. The lowest BCUT2D eigenvalue weighted by molar-refractivity contribution is -0.137. The van der Waals surface area contributed by atoms with Crippen LogP contribution in [-0.2, 0) is 29.8 Å². The molecule has 0 unspecified atom stereocenters. The Hall–Kier alpha value is -3.34. The summed E-state index contributed by atoms with van der Waals surface area (Å²) < 4.78 is 46.1. The molecule has 4 aromatic rings. The topological polar surface area (TPSA) is 69.0 Å². The first-order valence-electron chi connectivity index (χ1n) is 11.1. The minimum atomic E-state index is -4.45. The normalized spacial score (nSPS) is 11.5. The maximum atomic E-state index is 13.0. The van der Waals surface area contributed by atoms with Crippen LogP contribution in [0.2, 0.25) is 5.02 Å². The molecule has 0 saturated carbocycles. The average Bonchev–Trinajstić information content (AvgIpc) is 3.28. The van der Waals surface area contributed by atoms with Crippen LogP contribution in [0, 0.1) is 0 Å². The Morgan fingerprint density at radius 1 is 1.05 bits per heavy atom. The molecule has 11 heteroatoms. The van der Waals surface area contributed by atoms with Crippen molar-refractivity contribution >= 4 is 29.3 Å². The number of halogens is 4. The van der Waals surface area contributed by atoms with E-state index in [2.05, 4.69) is 15.5 Å². The Morgan fingerprint density at radius 3 is 2.59 bits per heavy atom. The van der Waals surface area contributed by atoms with Crippen LogP contribution in [0.5, 0.6) is 0 Å². The molecule has 0 bridgehead atoms. The molecule has 0 saturated heterocycles. The van der Waals surface area contributed by atoms with Gasteiger partial charge >= 0.3 is 6.18 Å². The lowest BCUT2D eigenvalue weighted by Crippen LogP contribution is -2.24. The van der Waals surface area contributed by atoms with Crippen molar-refractivity contribution in [2.24, 2.45) is 0 Å². The predicted octanol–water partition coefficient (Wildman–Crippen LogP) is 6.31. The summed E-state index contributed by atoms with van der Waals surface area (Å²) in [7, 11) is 1.57. The third kappa shape index (κ3) is 6.71. The summed E-state index contributed by atoms with van der Waals surface area (Å²) in [6, 6.07) is 19.2. The Kier molecular flexibility index (Phi) is 8.52. The molecule has 0 spiro atoms. The summed E-state index contributed by atoms with van der Waals surface area (Å²) in [6.07, 6.45) is -4.45. The van der Waals surface area contributed by atoms with Crippen LogP contribution in [0.4, 0.5) is 13.2 Å². The van der Waals surface area contributed by atoms with Gasteiger partial charge in [-0.3, -0.25) is 9.36 Å². The smallest absolute Gasteiger partial charge is 0.377 e. The van der Waals surface area contributed by atoms with E-state index in [4.69, 9.17) is 16.3 Å². The van der Waals surface area contributed by atoms with Crippen molar-refractivity contribution < 1.29 is 22.7 Å². The molecule has 0 atom stereocenters. The zero-order chi connectivity index (χ0) is 26.4. The summed E-state index contributed by atoms with van der Waals surface area (Å²) in [5.41, 5.74) is 1.54. The van der Waals surface area contributed by atoms with E-state index < -0.39 is 11.7 Å². The Bertz CT molecular complexity index is 1390. The number of rotatable bonds is 9. The van der Waals surface area contributed by atoms with Crippen LogP contribution in [0.15, 0.2) is 78.0 Å². The first-order valence-corrected chi connectivity index (χ1v) is 12.5. The molecule has 3 aromatic carbocycles. The van der Waals surface area contributed by atoms with Crippen molar-refractivity contribution in [1.29, 1.82) is 0 Å². The lowest BCUT2D eigenvalue weighted by Gasteiger charge is -2.13. The highest BCUT2D eigenvalue weighted by molar-refractivity contribution is 7.98. The van der Waals surface area contributed by atoms with Crippen molar-refractivity contribution in [3.05, 3.63) is 106 Å². The second kappa shape index (κ2) is 11.8. The van der Waals surface area contributed by atoms with Crippen LogP contribution < -0.4 is 5.32 Å². The number of aromatic nitrogens is 3. The van der Waals surface area contributed by atoms with Crippen LogP contribution in [-0.4, -0.2) is 27.8 Å². The van der Waals surface area contributed by atoms with Crippen LogP contribution >= 0.6 is 23.4 Å². The number of amides is 1. The largest absolute Gasteiger partial charge is 0.416 e. The van der Waals surface area contributed by atoms with Crippen molar-refractivity contribution in [3.63, 3.8) is 0 Å². The van der Waals surface area contributed by atoms with Gasteiger partial charge in [-0.15, -0.1) is 10.2 Å². The summed E-state index contributed by atoms with van der Waals surface area (Å²) >= 11 is 7.57. The van der Waals surface area contributed by atoms with E-state index >= 15 is 0 Å². The first kappa shape index (κ1) is 26.7. The van der Waals surface area contributed by atoms with Gasteiger partial charge in [0.15, 0.2) is 11.0 Å². The summed E-state index contributed by atoms with van der Waals surface area (Å²) in [4.78, 5) is 12.9. The monoisotopic (exact) mass is 546 g/mol. The van der Waals surface area contributed by atoms with E-state index in [1.807, 2.05) is 28.8 Å². The SMILES string of the molecule is COCc1nnc(SCc2ccccc2C(=O)NCc2cccc(C(F)(F)F)c2)n1-c1cccc(Cl)c1. The summed E-state index contributed by atoms with van der Waals surface area (Å²) in [5.74, 6) is 0.614. The highest BCUT2D eigenvalue weighted by Crippen LogP contribution is 2.30. The van der Waals surface area contributed by atoms with Gasteiger partial charge in [0.1, 0.15) is 6.61 Å². The van der Waals surface area contributed by atoms with E-state index in [9.17, 15) is 18.0 Å². The van der Waals surface area contributed by atoms with Gasteiger partial charge in [-0.2, -0.15) is 13.2 Å². The van der Waals surface area contributed by atoms with E-state index in [0.717, 1.165) is 23.4 Å². The van der Waals surface area contributed by atoms with Gasteiger partial charge in [0.25, 0.3) is 5.91 Å². The second-order valence-electron chi connectivity index (χ2n) is 7.97. The van der Waals surface area contributed by atoms with Crippen LogP contribution in [0.25, 0.3) is 5.69 Å². The minimum absolute atomic E-state index is 0.0340. The number of ether oxygens (including phenoxy) is 1. The molecule has 0 fully saturated rings. The van der Waals surface area contributed by atoms with Gasteiger partial charge in [-0.1, -0.05) is 59.8 Å². The van der Waals surface area contributed by atoms with E-state index in [1.165, 1.54) is 23.9 Å². The molecule has 37 heavy (non-hydrogen) atoms. The number of hydrogen-bond acceptors (Lipinski definition) is 5. The van der Waals surface area contributed by atoms with Gasteiger partial charge < -0.3 is 10.1 Å². The number of benzene rings is 3. The van der Waals surface area contributed by atoms with Gasteiger partial charge in [0.05, 0.1) is 11.3 Å². The van der Waals surface area contributed by atoms with Gasteiger partial charge in [0.2, 0.25) is 0 Å². The van der Waals surface area contributed by atoms with E-state index in [1.54, 1.807) is 31.4 Å². The molecule has 1 aromatic heterocycles. The standard InChI is InChI=1S/C26H22ClF3N4O2S/c1-36-15-23-32-33-25(34(23)21-10-5-9-20(27)13-21)37-16-18-7-2-3-11-22(18)24(35)31-14-17-6-4-8-19(12-17)26(28,29)30/h2-13H,14-16H2,1H3,(H,31,35). The zero-order valence-electron chi connectivity index (χ0n) is 19.6. The first-order chi connectivity index (χ1) is 17.8. The number of nitrogens with zero attached hydrogens (tertiary/aromatic N) is 3. The zero-order valence-corrected chi connectivity index (χ0v) is 21.2. The number of hydrogen-bond donors (Lipinski definition) is 1. The van der Waals surface area contributed by atoms with Crippen molar-refractivity contribution in [1.82, 2.24) is 20.1 Å². The van der Waals surface area contributed by atoms with E-state index in [-0.39, 0.29) is 19.1 Å². The molecule has 0 aliphatic rings. The number of alkyl halides is 3. The molecule has 6 nitrogen and oxygen atoms in total. The Balaban J connectivity index is 1.50. The highest BCUT2D eigenvalue weighted by atomic mass is 35.5. The molecular formula is C26H22ClF3N4O2S. The second-order valence-corrected chi connectivity index (χ2v) is 9.35. The minimum Gasteiger partial charge on any atom is -0.377 e. The molecule has 1 amide bonds. The number of methoxy groups -OCH3 is 1. The van der Waals surface area contributed by atoms with E-state index in [0.29, 0.717) is 32.9 Å². The molecule has 0 radical (unpaired) electrons. The molecule has 4 rings (SSSR count). The highest BCUT2D eigenvalue weighted by Gasteiger charge is 2.30. The molecular weight excluding hydrogens is 525 g/mol. The molecule has 0 aliphatic carbocycles. The van der Waals surface area contributed by atoms with Gasteiger partial charge in [0, 0.05) is 30.0 Å². The Labute approximate surface area is 220 Å². The number of nitrogens with one attached hydrogen (secondary N) is 1. The average molecular weight is 547 g/mol. The fourth-order valence-corrected chi connectivity index (χ4v) is 4.80. The molecule has 0 aliphatic heterocycles. The fraction of sp³-hybridized carbons (Fsp3) is 0.192. The van der Waals surface area contributed by atoms with Crippen LogP contribution in [0.3, 0.4) is 0 Å². The predicted molar refractivity (Wildman–Crippen MR) is 136 cm³/mol. The number of carbonyl (C=O) groups is 1. The number of carbonyl (C=O) groups excluding carboxylic acids is 1. The third-order valence-corrected chi connectivity index (χ3v) is 6.58. The van der Waals surface area contributed by atoms with Crippen molar-refractivity contribution in [3.8, 4) is 5.69 Å². The van der Waals surface area contributed by atoms with Crippen molar-refractivity contribution in [2.75, 3.05) is 7.11 Å². The third-order valence-electron chi connectivity index (χ3n) is 5.37. The van der Waals surface area contributed by atoms with Crippen molar-refractivity contribution in [2.45, 2.75) is 30.2 Å². The lowest BCUT2D eigenvalue weighted by atomic mass is 10.1. The molecule has 1 heterocycles. The summed E-state index contributed by atoms with van der Waals surface area (Å²) in [6.45, 7) is 0.211. The Morgan fingerprint density at radius 2 is 1.84 bits per heavy atom. The summed E-state index contributed by atoms with van der Waals surface area (Å²) in [5, 5.41) is 12.4. The maximum absolute atomic E-state index is 13.0. The van der Waals surface area contributed by atoms with Gasteiger partial charge in [-0.05, 0) is 47.5 Å².